The fourth-order valence-corrected chi connectivity index (χ4v) is 2.35. The summed E-state index contributed by atoms with van der Waals surface area (Å²) in [4.78, 5) is 14.6. The molecule has 2 aromatic carbocycles. The fraction of sp³-hybridized carbons (Fsp3) is 0.111. The SMILES string of the molecule is Cc1ccc(N=C(C[N+](=O)[O-])N/N=C\c2oc(O)c3ccccc23)cc1. The Morgan fingerprint density at radius 2 is 1.92 bits per heavy atom. The lowest BCUT2D eigenvalue weighted by Crippen LogP contribution is -2.26. The molecule has 3 aromatic rings. The number of hydrogen-bond acceptors (Lipinski definition) is 6. The summed E-state index contributed by atoms with van der Waals surface area (Å²) in [7, 11) is 0. The molecule has 1 aromatic heterocycles. The largest absolute Gasteiger partial charge is 0.480 e. The number of aliphatic imine (C=N–C) groups is 1. The van der Waals surface area contributed by atoms with Crippen LogP contribution in [0.2, 0.25) is 0 Å². The van der Waals surface area contributed by atoms with Crippen LogP contribution in [-0.4, -0.2) is 28.6 Å². The average molecular weight is 352 g/mol. The fourth-order valence-electron chi connectivity index (χ4n) is 2.35. The monoisotopic (exact) mass is 352 g/mol. The van der Waals surface area contributed by atoms with Crippen LogP contribution in [0.4, 0.5) is 5.69 Å². The summed E-state index contributed by atoms with van der Waals surface area (Å²) in [6.45, 7) is 1.44. The van der Waals surface area contributed by atoms with E-state index in [1.54, 1.807) is 36.4 Å². The molecule has 26 heavy (non-hydrogen) atoms. The van der Waals surface area contributed by atoms with E-state index in [2.05, 4.69) is 15.5 Å². The summed E-state index contributed by atoms with van der Waals surface area (Å²) < 4.78 is 5.25. The van der Waals surface area contributed by atoms with E-state index in [1.165, 1.54) is 6.21 Å². The first-order valence-electron chi connectivity index (χ1n) is 7.78. The van der Waals surface area contributed by atoms with Crippen molar-refractivity contribution in [2.75, 3.05) is 6.54 Å². The number of benzene rings is 2. The van der Waals surface area contributed by atoms with Gasteiger partial charge in [-0.3, -0.25) is 15.5 Å². The summed E-state index contributed by atoms with van der Waals surface area (Å²) in [6, 6.07) is 14.3. The van der Waals surface area contributed by atoms with Gasteiger partial charge in [0.1, 0.15) is 0 Å². The summed E-state index contributed by atoms with van der Waals surface area (Å²) in [6.07, 6.45) is 1.34. The van der Waals surface area contributed by atoms with Gasteiger partial charge in [0.25, 0.3) is 12.5 Å². The van der Waals surface area contributed by atoms with Crippen LogP contribution in [0.25, 0.3) is 10.8 Å². The van der Waals surface area contributed by atoms with Crippen LogP contribution >= 0.6 is 0 Å². The minimum atomic E-state index is -0.505. The van der Waals surface area contributed by atoms with Gasteiger partial charge < -0.3 is 9.52 Å². The van der Waals surface area contributed by atoms with Gasteiger partial charge in [-0.2, -0.15) is 5.10 Å². The predicted octanol–water partition coefficient (Wildman–Crippen LogP) is 3.38. The summed E-state index contributed by atoms with van der Waals surface area (Å²) in [5.74, 6) is 0.206. The highest BCUT2D eigenvalue weighted by Gasteiger charge is 2.11. The van der Waals surface area contributed by atoms with Crippen molar-refractivity contribution in [2.24, 2.45) is 10.1 Å². The number of hydrazone groups is 1. The quantitative estimate of drug-likeness (QED) is 0.316. The third kappa shape index (κ3) is 4.04. The molecular formula is C18H16N4O4. The van der Waals surface area contributed by atoms with E-state index < -0.39 is 11.5 Å². The molecule has 0 aliphatic rings. The minimum absolute atomic E-state index is 0.0789. The molecule has 8 nitrogen and oxygen atoms in total. The van der Waals surface area contributed by atoms with Crippen LogP contribution in [0.5, 0.6) is 5.95 Å². The minimum Gasteiger partial charge on any atom is -0.480 e. The van der Waals surface area contributed by atoms with E-state index in [0.29, 0.717) is 22.2 Å². The van der Waals surface area contributed by atoms with Crippen molar-refractivity contribution in [3.8, 4) is 5.95 Å². The van der Waals surface area contributed by atoms with Gasteiger partial charge in [-0.1, -0.05) is 35.9 Å². The van der Waals surface area contributed by atoms with Gasteiger partial charge in [0.05, 0.1) is 17.3 Å². The van der Waals surface area contributed by atoms with Crippen LogP contribution in [-0.2, 0) is 0 Å². The Hall–Kier alpha value is -3.68. The Morgan fingerprint density at radius 3 is 2.62 bits per heavy atom. The van der Waals surface area contributed by atoms with Crippen molar-refractivity contribution < 1.29 is 14.4 Å². The standard InChI is InChI=1S/C18H16N4O4/c1-12-6-8-13(9-7-12)20-17(11-22(24)25)21-19-10-16-14-4-2-3-5-15(14)18(23)26-16/h2-10,23H,11H2,1H3,(H,20,21)/b19-10-. The van der Waals surface area contributed by atoms with Gasteiger partial charge in [-0.25, -0.2) is 4.99 Å². The van der Waals surface area contributed by atoms with Gasteiger partial charge in [0, 0.05) is 10.3 Å². The van der Waals surface area contributed by atoms with E-state index in [-0.39, 0.29) is 11.8 Å². The second kappa shape index (κ2) is 7.47. The molecule has 132 valence electrons. The van der Waals surface area contributed by atoms with Gasteiger partial charge in [-0.15, -0.1) is 0 Å². The van der Waals surface area contributed by atoms with Gasteiger partial charge in [0.15, 0.2) is 11.6 Å². The molecule has 8 heteroatoms. The second-order valence-corrected chi connectivity index (χ2v) is 5.57. The highest BCUT2D eigenvalue weighted by atomic mass is 16.6. The van der Waals surface area contributed by atoms with E-state index in [0.717, 1.165) is 5.56 Å². The Labute approximate surface area is 148 Å². The molecule has 0 fully saturated rings. The zero-order valence-corrected chi connectivity index (χ0v) is 13.9. The average Bonchev–Trinajstić information content (AvgIpc) is 2.93. The zero-order chi connectivity index (χ0) is 18.5. The third-order valence-electron chi connectivity index (χ3n) is 3.58. The first kappa shape index (κ1) is 17.2. The number of aromatic hydroxyl groups is 1. The highest BCUT2D eigenvalue weighted by molar-refractivity contribution is 6.00. The number of fused-ring (bicyclic) bond motifs is 1. The van der Waals surface area contributed by atoms with Crippen molar-refractivity contribution in [3.63, 3.8) is 0 Å². The number of nitrogens with one attached hydrogen (secondary N) is 1. The summed E-state index contributed by atoms with van der Waals surface area (Å²) in [5.41, 5.74) is 4.22. The maximum absolute atomic E-state index is 10.8. The number of nitro groups is 1. The van der Waals surface area contributed by atoms with Crippen molar-refractivity contribution in [1.82, 2.24) is 5.43 Å². The highest BCUT2D eigenvalue weighted by Crippen LogP contribution is 2.29. The number of aryl methyl sites for hydroxylation is 1. The molecule has 0 unspecified atom stereocenters. The first-order chi connectivity index (χ1) is 12.5. The van der Waals surface area contributed by atoms with Crippen LogP contribution < -0.4 is 5.43 Å². The molecule has 2 N–H and O–H groups in total. The first-order valence-corrected chi connectivity index (χ1v) is 7.78. The Kier molecular flexibility index (Phi) is 4.93. The maximum Gasteiger partial charge on any atom is 0.290 e. The second-order valence-electron chi connectivity index (χ2n) is 5.57. The van der Waals surface area contributed by atoms with Crippen molar-refractivity contribution >= 4 is 28.5 Å². The van der Waals surface area contributed by atoms with Gasteiger partial charge in [-0.05, 0) is 25.1 Å². The molecule has 1 heterocycles. The molecule has 0 spiro atoms. The zero-order valence-electron chi connectivity index (χ0n) is 13.9. The maximum atomic E-state index is 10.8. The number of amidine groups is 1. The Morgan fingerprint density at radius 1 is 1.23 bits per heavy atom. The van der Waals surface area contributed by atoms with Crippen molar-refractivity contribution in [2.45, 2.75) is 6.92 Å². The Balaban J connectivity index is 1.81. The van der Waals surface area contributed by atoms with E-state index >= 15 is 0 Å². The summed E-state index contributed by atoms with van der Waals surface area (Å²) in [5, 5.41) is 25.8. The molecule has 0 bridgehead atoms. The van der Waals surface area contributed by atoms with Gasteiger partial charge in [0.2, 0.25) is 0 Å². The van der Waals surface area contributed by atoms with Crippen LogP contribution in [0.3, 0.4) is 0 Å². The molecule has 0 atom stereocenters. The molecule has 0 saturated heterocycles. The predicted molar refractivity (Wildman–Crippen MR) is 98.7 cm³/mol. The lowest BCUT2D eigenvalue weighted by Gasteiger charge is -2.02. The normalized spacial score (nSPS) is 12.0. The van der Waals surface area contributed by atoms with Crippen LogP contribution in [0, 0.1) is 17.0 Å². The van der Waals surface area contributed by atoms with E-state index in [9.17, 15) is 15.2 Å². The van der Waals surface area contributed by atoms with Gasteiger partial charge >= 0.3 is 0 Å². The Bertz CT molecular complexity index is 990. The van der Waals surface area contributed by atoms with Crippen molar-refractivity contribution in [3.05, 3.63) is 70.0 Å². The number of rotatable bonds is 5. The van der Waals surface area contributed by atoms with Crippen molar-refractivity contribution in [1.29, 1.82) is 0 Å². The molecule has 3 rings (SSSR count). The van der Waals surface area contributed by atoms with Crippen LogP contribution in [0.1, 0.15) is 11.3 Å². The summed E-state index contributed by atoms with van der Waals surface area (Å²) >= 11 is 0. The molecule has 0 amide bonds. The number of hydrogen-bond donors (Lipinski definition) is 2. The molecule has 0 saturated carbocycles. The topological polar surface area (TPSA) is 113 Å². The van der Waals surface area contributed by atoms with E-state index in [4.69, 9.17) is 4.42 Å². The number of nitrogens with zero attached hydrogens (tertiary/aromatic N) is 3. The number of furan rings is 1. The molecular weight excluding hydrogens is 336 g/mol. The van der Waals surface area contributed by atoms with Crippen LogP contribution in [0.15, 0.2) is 63.0 Å². The lowest BCUT2D eigenvalue weighted by atomic mass is 10.2. The molecule has 0 aliphatic carbocycles. The van der Waals surface area contributed by atoms with E-state index in [1.807, 2.05) is 19.1 Å². The smallest absolute Gasteiger partial charge is 0.290 e. The lowest BCUT2D eigenvalue weighted by molar-refractivity contribution is -0.463. The molecule has 0 radical (unpaired) electrons. The molecule has 0 aliphatic heterocycles. The third-order valence-corrected chi connectivity index (χ3v) is 3.58.